The lowest BCUT2D eigenvalue weighted by Gasteiger charge is -2.12. The van der Waals surface area contributed by atoms with Crippen LogP contribution in [0.1, 0.15) is 78.6 Å². The highest BCUT2D eigenvalue weighted by Gasteiger charge is 2.00. The predicted molar refractivity (Wildman–Crippen MR) is 83.4 cm³/mol. The quantitative estimate of drug-likeness (QED) is 0.237. The molecule has 0 saturated carbocycles. The number of ether oxygens (including phenoxy) is 2. The minimum atomic E-state index is -0.149. The zero-order chi connectivity index (χ0) is 14.2. The molecule has 2 heteroatoms. The second-order valence-electron chi connectivity index (χ2n) is 4.97. The van der Waals surface area contributed by atoms with Crippen LogP contribution >= 0.6 is 0 Å². The van der Waals surface area contributed by atoms with E-state index in [1.54, 1.807) is 0 Å². The minimum absolute atomic E-state index is 0.149. The van der Waals surface area contributed by atoms with Gasteiger partial charge in [0.05, 0.1) is 0 Å². The smallest absolute Gasteiger partial charge is 0.176 e. The molecular formula is C17H34O2. The molecular weight excluding hydrogens is 236 g/mol. The van der Waals surface area contributed by atoms with E-state index < -0.39 is 0 Å². The first-order valence-corrected chi connectivity index (χ1v) is 8.24. The monoisotopic (exact) mass is 270 g/mol. The van der Waals surface area contributed by atoms with Crippen molar-refractivity contribution < 1.29 is 9.47 Å². The van der Waals surface area contributed by atoms with Crippen molar-refractivity contribution >= 4 is 0 Å². The van der Waals surface area contributed by atoms with Gasteiger partial charge in [0, 0.05) is 13.2 Å². The molecule has 0 aromatic carbocycles. The lowest BCUT2D eigenvalue weighted by Crippen LogP contribution is -2.14. The van der Waals surface area contributed by atoms with E-state index in [0.717, 1.165) is 6.42 Å². The number of unbranched alkanes of at least 4 members (excludes halogenated alkanes) is 8. The largest absolute Gasteiger partial charge is 0.349 e. The molecule has 114 valence electrons. The third-order valence-corrected chi connectivity index (χ3v) is 3.18. The molecule has 0 saturated heterocycles. The second-order valence-corrected chi connectivity index (χ2v) is 4.97. The Morgan fingerprint density at radius 1 is 0.737 bits per heavy atom. The van der Waals surface area contributed by atoms with E-state index in [9.17, 15) is 0 Å². The highest BCUT2D eigenvalue weighted by Crippen LogP contribution is 2.10. The van der Waals surface area contributed by atoms with Crippen LogP contribution in [-0.2, 0) is 9.47 Å². The van der Waals surface area contributed by atoms with Gasteiger partial charge in [-0.05, 0) is 32.8 Å². The van der Waals surface area contributed by atoms with E-state index in [0.29, 0.717) is 13.2 Å². The van der Waals surface area contributed by atoms with Gasteiger partial charge in [-0.3, -0.25) is 0 Å². The lowest BCUT2D eigenvalue weighted by atomic mass is 10.1. The first kappa shape index (κ1) is 18.7. The van der Waals surface area contributed by atoms with Crippen LogP contribution in [0.15, 0.2) is 12.2 Å². The summed E-state index contributed by atoms with van der Waals surface area (Å²) in [5, 5.41) is 0. The fraction of sp³-hybridized carbons (Fsp3) is 0.882. The van der Waals surface area contributed by atoms with Crippen molar-refractivity contribution in [3.63, 3.8) is 0 Å². The zero-order valence-corrected chi connectivity index (χ0v) is 13.3. The van der Waals surface area contributed by atoms with Crippen molar-refractivity contribution in [2.75, 3.05) is 13.2 Å². The van der Waals surface area contributed by atoms with Crippen LogP contribution < -0.4 is 0 Å². The molecule has 0 amide bonds. The highest BCUT2D eigenvalue weighted by molar-refractivity contribution is 4.85. The molecule has 0 bridgehead atoms. The Bertz CT molecular complexity index is 184. The van der Waals surface area contributed by atoms with Crippen molar-refractivity contribution in [3.05, 3.63) is 12.2 Å². The lowest BCUT2D eigenvalue weighted by molar-refractivity contribution is -0.104. The summed E-state index contributed by atoms with van der Waals surface area (Å²) in [5.74, 6) is 0. The Kier molecular flexibility index (Phi) is 15.4. The average Bonchev–Trinajstić information content (AvgIpc) is 2.41. The number of allylic oxidation sites excluding steroid dienone is 1. The Morgan fingerprint density at radius 2 is 1.26 bits per heavy atom. The molecule has 0 fully saturated rings. The van der Waals surface area contributed by atoms with Crippen molar-refractivity contribution in [1.29, 1.82) is 0 Å². The number of hydrogen-bond acceptors (Lipinski definition) is 2. The molecule has 0 atom stereocenters. The zero-order valence-electron chi connectivity index (χ0n) is 13.3. The van der Waals surface area contributed by atoms with Crippen LogP contribution in [0.5, 0.6) is 0 Å². The molecule has 0 aliphatic carbocycles. The van der Waals surface area contributed by atoms with Crippen LogP contribution in [-0.4, -0.2) is 19.5 Å². The molecule has 0 N–H and O–H groups in total. The third kappa shape index (κ3) is 13.9. The summed E-state index contributed by atoms with van der Waals surface area (Å²) in [5.41, 5.74) is 0. The average molecular weight is 270 g/mol. The molecule has 0 aromatic rings. The Hall–Kier alpha value is -0.340. The molecule has 0 aliphatic heterocycles. The van der Waals surface area contributed by atoms with Crippen LogP contribution in [0.2, 0.25) is 0 Å². The van der Waals surface area contributed by atoms with E-state index in [2.05, 4.69) is 13.0 Å². The van der Waals surface area contributed by atoms with Crippen molar-refractivity contribution in [2.24, 2.45) is 0 Å². The van der Waals surface area contributed by atoms with Crippen LogP contribution in [0.3, 0.4) is 0 Å². The highest BCUT2D eigenvalue weighted by atomic mass is 16.7. The van der Waals surface area contributed by atoms with Gasteiger partial charge in [0.25, 0.3) is 0 Å². The Labute approximate surface area is 120 Å². The molecule has 0 rings (SSSR count). The van der Waals surface area contributed by atoms with E-state index in [1.165, 1.54) is 51.4 Å². The van der Waals surface area contributed by atoms with E-state index in [4.69, 9.17) is 9.47 Å². The predicted octanol–water partition coefficient (Wildman–Crippen LogP) is 5.47. The first-order valence-electron chi connectivity index (χ1n) is 8.24. The van der Waals surface area contributed by atoms with Crippen LogP contribution in [0.25, 0.3) is 0 Å². The Balaban J connectivity index is 3.35. The summed E-state index contributed by atoms with van der Waals surface area (Å²) in [6.45, 7) is 7.67. The van der Waals surface area contributed by atoms with Gasteiger partial charge in [-0.25, -0.2) is 0 Å². The SMILES string of the molecule is CCCCCCCCCCC=CC(OCC)OCC. The van der Waals surface area contributed by atoms with Gasteiger partial charge >= 0.3 is 0 Å². The fourth-order valence-corrected chi connectivity index (χ4v) is 2.09. The molecule has 0 unspecified atom stereocenters. The number of hydrogen-bond donors (Lipinski definition) is 0. The summed E-state index contributed by atoms with van der Waals surface area (Å²) in [7, 11) is 0. The van der Waals surface area contributed by atoms with Gasteiger partial charge in [0.1, 0.15) is 0 Å². The van der Waals surface area contributed by atoms with Gasteiger partial charge in [-0.1, -0.05) is 57.9 Å². The normalized spacial score (nSPS) is 11.8. The third-order valence-electron chi connectivity index (χ3n) is 3.18. The molecule has 0 aromatic heterocycles. The maximum absolute atomic E-state index is 5.46. The maximum atomic E-state index is 5.46. The summed E-state index contributed by atoms with van der Waals surface area (Å²) in [4.78, 5) is 0. The molecule has 0 radical (unpaired) electrons. The fourth-order valence-electron chi connectivity index (χ4n) is 2.09. The molecule has 0 aliphatic rings. The van der Waals surface area contributed by atoms with E-state index >= 15 is 0 Å². The van der Waals surface area contributed by atoms with E-state index in [1.807, 2.05) is 19.9 Å². The standard InChI is InChI=1S/C17H34O2/c1-4-7-8-9-10-11-12-13-14-15-16-17(18-5-2)19-6-3/h15-17H,4-14H2,1-3H3. The van der Waals surface area contributed by atoms with Gasteiger partial charge in [-0.15, -0.1) is 0 Å². The van der Waals surface area contributed by atoms with Crippen LogP contribution in [0.4, 0.5) is 0 Å². The summed E-state index contributed by atoms with van der Waals surface area (Å²) in [6, 6.07) is 0. The second kappa shape index (κ2) is 15.7. The summed E-state index contributed by atoms with van der Waals surface area (Å²) >= 11 is 0. The molecule has 19 heavy (non-hydrogen) atoms. The van der Waals surface area contributed by atoms with Crippen molar-refractivity contribution in [1.82, 2.24) is 0 Å². The topological polar surface area (TPSA) is 18.5 Å². The van der Waals surface area contributed by atoms with Crippen molar-refractivity contribution in [2.45, 2.75) is 84.8 Å². The summed E-state index contributed by atoms with van der Waals surface area (Å²) < 4.78 is 10.9. The van der Waals surface area contributed by atoms with Crippen molar-refractivity contribution in [3.8, 4) is 0 Å². The molecule has 2 nitrogen and oxygen atoms in total. The Morgan fingerprint density at radius 3 is 1.79 bits per heavy atom. The van der Waals surface area contributed by atoms with Gasteiger partial charge < -0.3 is 9.47 Å². The number of rotatable bonds is 14. The van der Waals surface area contributed by atoms with E-state index in [-0.39, 0.29) is 6.29 Å². The molecule has 0 spiro atoms. The van der Waals surface area contributed by atoms with Crippen LogP contribution in [0, 0.1) is 0 Å². The van der Waals surface area contributed by atoms with Gasteiger partial charge in [0.15, 0.2) is 6.29 Å². The molecule has 0 heterocycles. The van der Waals surface area contributed by atoms with Gasteiger partial charge in [-0.2, -0.15) is 0 Å². The first-order chi connectivity index (χ1) is 9.35. The minimum Gasteiger partial charge on any atom is -0.349 e. The van der Waals surface area contributed by atoms with Gasteiger partial charge in [0.2, 0.25) is 0 Å². The maximum Gasteiger partial charge on any atom is 0.176 e. The summed E-state index contributed by atoms with van der Waals surface area (Å²) in [6.07, 6.45) is 16.3.